The summed E-state index contributed by atoms with van der Waals surface area (Å²) in [6.45, 7) is 9.64. The van der Waals surface area contributed by atoms with Crippen LogP contribution in [0.5, 0.6) is 0 Å². The van der Waals surface area contributed by atoms with Gasteiger partial charge in [-0.25, -0.2) is 0 Å². The summed E-state index contributed by atoms with van der Waals surface area (Å²) in [6, 6.07) is -0.436. The number of nitriles is 1. The predicted octanol–water partition coefficient (Wildman–Crippen LogP) is 1.16. The number of hydrogen-bond acceptors (Lipinski definition) is 5. The topological polar surface area (TPSA) is 140 Å². The molecule has 2 aliphatic heterocycles. The van der Waals surface area contributed by atoms with E-state index < -0.39 is 41.3 Å². The van der Waals surface area contributed by atoms with Crippen molar-refractivity contribution in [2.75, 3.05) is 6.54 Å². The van der Waals surface area contributed by atoms with Gasteiger partial charge >= 0.3 is 0 Å². The summed E-state index contributed by atoms with van der Waals surface area (Å²) >= 11 is 0. The van der Waals surface area contributed by atoms with Crippen molar-refractivity contribution in [1.29, 1.82) is 5.26 Å². The standard InChI is InChI=1S/C24H37N5O4/c1-14(2)10-19-22(32)27-16(12-25)11-17-15(13-26-20(17)30)8-6-7-9-18(21(31)28-19)29-23(33)24(3,4)5/h6,8,14-19H,7,9-11,13H2,1-5H3,(H,26,30)(H,27,32)(H,28,31)(H,29,33)/b8-6+/t15?,16?,17?,18?,19-/m0/s1. The molecule has 0 aliphatic carbocycles. The van der Waals surface area contributed by atoms with Crippen LogP contribution in [0.15, 0.2) is 12.2 Å². The largest absolute Gasteiger partial charge is 0.355 e. The Hall–Kier alpha value is -2.89. The molecule has 0 radical (unpaired) electrons. The quantitative estimate of drug-likeness (QED) is 0.469. The van der Waals surface area contributed by atoms with Crippen molar-refractivity contribution in [3.8, 4) is 6.07 Å². The van der Waals surface area contributed by atoms with Crippen LogP contribution in [0.2, 0.25) is 0 Å². The van der Waals surface area contributed by atoms with Crippen LogP contribution in [-0.2, 0) is 19.2 Å². The van der Waals surface area contributed by atoms with Gasteiger partial charge < -0.3 is 21.3 Å². The minimum atomic E-state index is -0.854. The molecule has 33 heavy (non-hydrogen) atoms. The molecule has 0 aromatic heterocycles. The first-order chi connectivity index (χ1) is 15.4. The van der Waals surface area contributed by atoms with Gasteiger partial charge in [-0.2, -0.15) is 5.26 Å². The summed E-state index contributed by atoms with van der Waals surface area (Å²) in [5.41, 5.74) is -0.674. The molecule has 9 heteroatoms. The lowest BCUT2D eigenvalue weighted by molar-refractivity contribution is -0.135. The molecular formula is C24H37N5O4. The maximum atomic E-state index is 13.1. The number of carbonyl (C=O) groups is 4. The first-order valence-corrected chi connectivity index (χ1v) is 11.7. The van der Waals surface area contributed by atoms with E-state index >= 15 is 0 Å². The van der Waals surface area contributed by atoms with Crippen molar-refractivity contribution in [3.63, 3.8) is 0 Å². The SMILES string of the molecule is CC(C)C[C@@H]1NC(=O)C(NC(=O)C(C)(C)C)CC/C=C/C2CNC(=O)C2CC(C#N)NC1=O. The van der Waals surface area contributed by atoms with Gasteiger partial charge in [-0.1, -0.05) is 46.8 Å². The monoisotopic (exact) mass is 459 g/mol. The highest BCUT2D eigenvalue weighted by molar-refractivity contribution is 5.93. The van der Waals surface area contributed by atoms with E-state index in [4.69, 9.17) is 0 Å². The minimum Gasteiger partial charge on any atom is -0.355 e. The van der Waals surface area contributed by atoms with Crippen molar-refractivity contribution in [1.82, 2.24) is 21.3 Å². The van der Waals surface area contributed by atoms with E-state index in [-0.39, 0.29) is 30.1 Å². The lowest BCUT2D eigenvalue weighted by Crippen LogP contribution is -2.56. The van der Waals surface area contributed by atoms with Crippen LogP contribution < -0.4 is 21.3 Å². The van der Waals surface area contributed by atoms with Crippen molar-refractivity contribution in [2.24, 2.45) is 23.2 Å². The van der Waals surface area contributed by atoms with E-state index in [2.05, 4.69) is 27.3 Å². The second-order valence-electron chi connectivity index (χ2n) is 10.4. The van der Waals surface area contributed by atoms with Crippen LogP contribution in [-0.4, -0.2) is 48.3 Å². The Morgan fingerprint density at radius 2 is 1.88 bits per heavy atom. The Bertz CT molecular complexity index is 824. The molecule has 0 aromatic carbocycles. The molecule has 2 rings (SSSR count). The average molecular weight is 460 g/mol. The van der Waals surface area contributed by atoms with Gasteiger partial charge in [0, 0.05) is 23.8 Å². The summed E-state index contributed by atoms with van der Waals surface area (Å²) < 4.78 is 0. The molecule has 1 fully saturated rings. The highest BCUT2D eigenvalue weighted by Gasteiger charge is 2.36. The van der Waals surface area contributed by atoms with Gasteiger partial charge in [-0.05, 0) is 31.6 Å². The molecule has 4 N–H and O–H groups in total. The molecule has 0 aromatic rings. The Kier molecular flexibility index (Phi) is 9.03. The molecule has 182 valence electrons. The van der Waals surface area contributed by atoms with Gasteiger partial charge in [0.05, 0.1) is 6.07 Å². The van der Waals surface area contributed by atoms with E-state index in [9.17, 15) is 24.4 Å². The number of nitrogens with one attached hydrogen (secondary N) is 4. The highest BCUT2D eigenvalue weighted by atomic mass is 16.2. The zero-order valence-corrected chi connectivity index (χ0v) is 20.2. The second-order valence-corrected chi connectivity index (χ2v) is 10.4. The van der Waals surface area contributed by atoms with E-state index in [1.165, 1.54) is 0 Å². The fourth-order valence-electron chi connectivity index (χ4n) is 3.99. The molecule has 2 aliphatic rings. The van der Waals surface area contributed by atoms with Gasteiger partial charge in [0.2, 0.25) is 23.6 Å². The van der Waals surface area contributed by atoms with Crippen molar-refractivity contribution < 1.29 is 19.2 Å². The molecule has 0 spiro atoms. The summed E-state index contributed by atoms with van der Waals surface area (Å²) in [7, 11) is 0. The molecule has 9 nitrogen and oxygen atoms in total. The molecular weight excluding hydrogens is 422 g/mol. The van der Waals surface area contributed by atoms with Crippen molar-refractivity contribution >= 4 is 23.6 Å². The number of allylic oxidation sites excluding steroid dienone is 1. The summed E-state index contributed by atoms with van der Waals surface area (Å²) in [5, 5.41) is 20.7. The second kappa shape index (κ2) is 11.3. The maximum absolute atomic E-state index is 13.1. The van der Waals surface area contributed by atoms with Gasteiger partial charge in [-0.15, -0.1) is 0 Å². The fraction of sp³-hybridized carbons (Fsp3) is 0.708. The molecule has 5 atom stereocenters. The molecule has 2 heterocycles. The lowest BCUT2D eigenvalue weighted by Gasteiger charge is -2.27. The smallest absolute Gasteiger partial charge is 0.243 e. The summed E-state index contributed by atoms with van der Waals surface area (Å²) in [4.78, 5) is 51.0. The third-order valence-electron chi connectivity index (χ3n) is 5.98. The minimum absolute atomic E-state index is 0.101. The predicted molar refractivity (Wildman–Crippen MR) is 123 cm³/mol. The molecule has 0 bridgehead atoms. The Morgan fingerprint density at radius 1 is 1.18 bits per heavy atom. The molecule has 4 unspecified atom stereocenters. The van der Waals surface area contributed by atoms with Gasteiger partial charge in [0.25, 0.3) is 0 Å². The highest BCUT2D eigenvalue weighted by Crippen LogP contribution is 2.25. The first-order valence-electron chi connectivity index (χ1n) is 11.7. The van der Waals surface area contributed by atoms with Gasteiger partial charge in [0.1, 0.15) is 18.1 Å². The number of rotatable bonds is 3. The van der Waals surface area contributed by atoms with E-state index in [0.717, 1.165) is 0 Å². The summed E-state index contributed by atoms with van der Waals surface area (Å²) in [6.07, 6.45) is 5.30. The molecule has 0 saturated carbocycles. The van der Waals surface area contributed by atoms with Gasteiger partial charge in [0.15, 0.2) is 0 Å². The van der Waals surface area contributed by atoms with Crippen LogP contribution in [0, 0.1) is 34.5 Å². The van der Waals surface area contributed by atoms with Crippen LogP contribution in [0.25, 0.3) is 0 Å². The molecule has 4 amide bonds. The Morgan fingerprint density at radius 3 is 2.48 bits per heavy atom. The normalized spacial score (nSPS) is 30.2. The number of fused-ring (bicyclic) bond motifs is 1. The summed E-state index contributed by atoms with van der Waals surface area (Å²) in [5.74, 6) is -1.69. The zero-order valence-electron chi connectivity index (χ0n) is 20.2. The van der Waals surface area contributed by atoms with Crippen LogP contribution in [0.4, 0.5) is 0 Å². The van der Waals surface area contributed by atoms with Crippen LogP contribution in [0.1, 0.15) is 60.3 Å². The maximum Gasteiger partial charge on any atom is 0.243 e. The lowest BCUT2D eigenvalue weighted by atomic mass is 9.88. The zero-order chi connectivity index (χ0) is 24.8. The Balaban J connectivity index is 2.34. The average Bonchev–Trinajstić information content (AvgIpc) is 3.06. The number of amides is 4. The number of carbonyl (C=O) groups excluding carboxylic acids is 4. The van der Waals surface area contributed by atoms with E-state index in [1.807, 2.05) is 26.0 Å². The van der Waals surface area contributed by atoms with Crippen molar-refractivity contribution in [3.05, 3.63) is 12.2 Å². The number of nitrogens with zero attached hydrogens (tertiary/aromatic N) is 1. The third-order valence-corrected chi connectivity index (χ3v) is 5.98. The van der Waals surface area contributed by atoms with E-state index in [0.29, 0.717) is 25.8 Å². The van der Waals surface area contributed by atoms with Crippen LogP contribution in [0.3, 0.4) is 0 Å². The first kappa shape index (κ1) is 26.4. The Labute approximate surface area is 196 Å². The van der Waals surface area contributed by atoms with Crippen molar-refractivity contribution in [2.45, 2.75) is 78.4 Å². The fourth-order valence-corrected chi connectivity index (χ4v) is 3.99. The van der Waals surface area contributed by atoms with E-state index in [1.54, 1.807) is 20.8 Å². The van der Waals surface area contributed by atoms with Crippen LogP contribution >= 0.6 is 0 Å². The number of hydrogen-bond donors (Lipinski definition) is 4. The third kappa shape index (κ3) is 7.58. The molecule has 1 saturated heterocycles. The van der Waals surface area contributed by atoms with Gasteiger partial charge in [-0.3, -0.25) is 19.2 Å².